The standard InChI is InChI=1S/C42H44ClF4N7O7S/c1-7-8-17-60-34-16-13-29-37(49-34)50-38(31(48-41(56)61-42(2,3)4)20-25-18-26(44)21-27(45)19-25)54(40(29)55)32-15-14-30(43)35-36(32)52(23-33(46)47)51-39(35)53(62(6,57)58)22-24-9-11-28(59-5)12-10-24/h9-16,18-19,21,31,33H,7-8,17,20,22-23H2,1-6H3,(H,48,56)/t31-/m0/s1. The fraction of sp³-hybridized carbons (Fsp3) is 0.357. The second-order valence-corrected chi connectivity index (χ2v) is 17.6. The van der Waals surface area contributed by atoms with Crippen LogP contribution in [0, 0.1) is 11.6 Å². The maximum Gasteiger partial charge on any atom is 0.408 e. The van der Waals surface area contributed by atoms with Crippen LogP contribution in [0.2, 0.25) is 5.02 Å². The van der Waals surface area contributed by atoms with Crippen LogP contribution in [0.1, 0.15) is 63.5 Å². The first-order chi connectivity index (χ1) is 29.3. The lowest BCUT2D eigenvalue weighted by molar-refractivity contribution is 0.0500. The Morgan fingerprint density at radius 1 is 0.984 bits per heavy atom. The van der Waals surface area contributed by atoms with Gasteiger partial charge in [0.25, 0.3) is 12.0 Å². The average Bonchev–Trinajstić information content (AvgIpc) is 3.54. The van der Waals surface area contributed by atoms with Gasteiger partial charge in [-0.15, -0.1) is 0 Å². The quantitative estimate of drug-likeness (QED) is 0.0740. The van der Waals surface area contributed by atoms with Crippen molar-refractivity contribution >= 4 is 55.5 Å². The van der Waals surface area contributed by atoms with Gasteiger partial charge in [-0.1, -0.05) is 37.1 Å². The van der Waals surface area contributed by atoms with Gasteiger partial charge in [-0.05, 0) is 80.8 Å². The van der Waals surface area contributed by atoms with E-state index in [1.165, 1.54) is 31.4 Å². The Morgan fingerprint density at radius 2 is 1.68 bits per heavy atom. The molecule has 0 saturated carbocycles. The summed E-state index contributed by atoms with van der Waals surface area (Å²) in [7, 11) is -2.75. The Kier molecular flexibility index (Phi) is 13.7. The largest absolute Gasteiger partial charge is 0.497 e. The highest BCUT2D eigenvalue weighted by molar-refractivity contribution is 7.92. The summed E-state index contributed by atoms with van der Waals surface area (Å²) in [5, 5.41) is 6.76. The van der Waals surface area contributed by atoms with E-state index in [1.54, 1.807) is 45.0 Å². The molecule has 3 heterocycles. The van der Waals surface area contributed by atoms with Crippen LogP contribution < -0.4 is 24.7 Å². The van der Waals surface area contributed by atoms with Crippen LogP contribution in [0.25, 0.3) is 27.6 Å². The molecule has 1 amide bonds. The molecule has 6 rings (SSSR count). The van der Waals surface area contributed by atoms with Gasteiger partial charge in [0.2, 0.25) is 15.9 Å². The third kappa shape index (κ3) is 10.6. The predicted octanol–water partition coefficient (Wildman–Crippen LogP) is 8.29. The van der Waals surface area contributed by atoms with E-state index in [4.69, 9.17) is 30.8 Å². The first-order valence-corrected chi connectivity index (χ1v) is 21.6. The maximum atomic E-state index is 15.0. The van der Waals surface area contributed by atoms with Crippen molar-refractivity contribution in [3.05, 3.63) is 111 Å². The molecular weight excluding hydrogens is 858 g/mol. The molecule has 0 bridgehead atoms. The summed E-state index contributed by atoms with van der Waals surface area (Å²) in [6.45, 7) is 5.70. The Morgan fingerprint density at radius 3 is 2.29 bits per heavy atom. The van der Waals surface area contributed by atoms with E-state index < -0.39 is 57.9 Å². The number of nitrogens with one attached hydrogen (secondary N) is 1. The molecule has 1 N–H and O–H groups in total. The minimum atomic E-state index is -4.22. The number of pyridine rings is 1. The molecule has 20 heteroatoms. The number of aromatic nitrogens is 5. The number of amides is 1. The first kappa shape index (κ1) is 45.6. The first-order valence-electron chi connectivity index (χ1n) is 19.4. The highest BCUT2D eigenvalue weighted by Gasteiger charge is 2.32. The van der Waals surface area contributed by atoms with Gasteiger partial charge in [-0.3, -0.25) is 14.0 Å². The van der Waals surface area contributed by atoms with Gasteiger partial charge in [0, 0.05) is 18.6 Å². The predicted molar refractivity (Wildman–Crippen MR) is 226 cm³/mol. The SMILES string of the molecule is CCCCOc1ccc2c(=O)n(-c3ccc(Cl)c4c(N(Cc5ccc(OC)cc5)S(C)(=O)=O)nn(CC(F)F)c34)c([C@H](Cc3cc(F)cc(F)c3)NC(=O)OC(C)(C)C)nc2n1. The molecule has 0 aliphatic heterocycles. The van der Waals surface area contributed by atoms with E-state index in [-0.39, 0.29) is 68.7 Å². The van der Waals surface area contributed by atoms with Crippen LogP contribution in [-0.2, 0) is 34.3 Å². The van der Waals surface area contributed by atoms with Crippen molar-refractivity contribution in [2.75, 3.05) is 24.3 Å². The Balaban J connectivity index is 1.68. The summed E-state index contributed by atoms with van der Waals surface area (Å²) < 4.78 is 105. The topological polar surface area (TPSA) is 160 Å². The molecule has 0 fully saturated rings. The lowest BCUT2D eigenvalue weighted by atomic mass is 10.0. The number of methoxy groups -OCH3 is 1. The normalized spacial score (nSPS) is 12.5. The summed E-state index contributed by atoms with van der Waals surface area (Å²) in [5.41, 5.74) is -1.86. The molecule has 0 spiro atoms. The van der Waals surface area contributed by atoms with Crippen LogP contribution in [0.4, 0.5) is 28.2 Å². The molecule has 3 aromatic carbocycles. The molecule has 14 nitrogen and oxygen atoms in total. The molecule has 3 aromatic heterocycles. The van der Waals surface area contributed by atoms with E-state index in [1.807, 2.05) is 6.92 Å². The van der Waals surface area contributed by atoms with Crippen molar-refractivity contribution in [2.24, 2.45) is 0 Å². The third-order valence-electron chi connectivity index (χ3n) is 9.32. The second-order valence-electron chi connectivity index (χ2n) is 15.3. The lowest BCUT2D eigenvalue weighted by Crippen LogP contribution is -2.39. The van der Waals surface area contributed by atoms with E-state index in [2.05, 4.69) is 15.4 Å². The number of unbranched alkanes of at least 4 members (excludes halogenated alkanes) is 1. The monoisotopic (exact) mass is 901 g/mol. The summed E-state index contributed by atoms with van der Waals surface area (Å²) in [6, 6.07) is 13.3. The van der Waals surface area contributed by atoms with Crippen LogP contribution in [0.15, 0.2) is 71.5 Å². The number of alkyl halides is 2. The number of alkyl carbamates (subject to hydrolysis) is 1. The molecule has 330 valence electrons. The zero-order valence-corrected chi connectivity index (χ0v) is 36.2. The summed E-state index contributed by atoms with van der Waals surface area (Å²) in [6.07, 6.45) is -2.00. The molecule has 0 saturated heterocycles. The lowest BCUT2D eigenvalue weighted by Gasteiger charge is -2.26. The number of sulfonamides is 1. The summed E-state index contributed by atoms with van der Waals surface area (Å²) in [5.74, 6) is -1.85. The summed E-state index contributed by atoms with van der Waals surface area (Å²) in [4.78, 5) is 37.8. The Hall–Kier alpha value is -5.95. The molecule has 0 aliphatic rings. The smallest absolute Gasteiger partial charge is 0.408 e. The van der Waals surface area contributed by atoms with Crippen molar-refractivity contribution in [2.45, 2.75) is 78.1 Å². The molecule has 1 atom stereocenters. The molecular formula is C42H44ClF4N7O7S. The summed E-state index contributed by atoms with van der Waals surface area (Å²) >= 11 is 6.83. The Bertz CT molecular complexity index is 2760. The number of rotatable bonds is 16. The number of fused-ring (bicyclic) bond motifs is 2. The zero-order chi connectivity index (χ0) is 45.1. The van der Waals surface area contributed by atoms with Gasteiger partial charge in [-0.2, -0.15) is 10.1 Å². The fourth-order valence-corrected chi connectivity index (χ4v) is 7.73. The maximum absolute atomic E-state index is 15.0. The number of benzene rings is 3. The van der Waals surface area contributed by atoms with Crippen LogP contribution in [0.5, 0.6) is 11.6 Å². The molecule has 0 aliphatic carbocycles. The van der Waals surface area contributed by atoms with Crippen molar-refractivity contribution in [3.8, 4) is 17.3 Å². The van der Waals surface area contributed by atoms with Crippen LogP contribution in [0.3, 0.4) is 0 Å². The Labute approximate surface area is 359 Å². The average molecular weight is 902 g/mol. The van der Waals surface area contributed by atoms with Crippen molar-refractivity contribution in [1.82, 2.24) is 29.6 Å². The number of anilines is 1. The van der Waals surface area contributed by atoms with Crippen molar-refractivity contribution < 1.29 is 45.0 Å². The van der Waals surface area contributed by atoms with Gasteiger partial charge < -0.3 is 19.5 Å². The molecule has 6 aromatic rings. The van der Waals surface area contributed by atoms with Gasteiger partial charge >= 0.3 is 6.09 Å². The third-order valence-corrected chi connectivity index (χ3v) is 10.7. The number of halogens is 5. The van der Waals surface area contributed by atoms with Crippen LogP contribution in [-0.4, -0.2) is 70.8 Å². The van der Waals surface area contributed by atoms with Crippen LogP contribution >= 0.6 is 11.6 Å². The second kappa shape index (κ2) is 18.6. The highest BCUT2D eigenvalue weighted by Crippen LogP contribution is 2.39. The van der Waals surface area contributed by atoms with Crippen molar-refractivity contribution in [3.63, 3.8) is 0 Å². The minimum absolute atomic E-state index is 0.0303. The van der Waals surface area contributed by atoms with E-state index in [0.29, 0.717) is 30.4 Å². The van der Waals surface area contributed by atoms with Gasteiger partial charge in [-0.25, -0.2) is 40.1 Å². The van der Waals surface area contributed by atoms with E-state index >= 15 is 4.79 Å². The number of carbonyl (C=O) groups excluding carboxylic acids is 1. The number of nitrogens with zero attached hydrogens (tertiary/aromatic N) is 6. The van der Waals surface area contributed by atoms with E-state index in [9.17, 15) is 30.8 Å². The number of carbonyl (C=O) groups is 1. The highest BCUT2D eigenvalue weighted by atomic mass is 35.5. The van der Waals surface area contributed by atoms with Gasteiger partial charge in [0.1, 0.15) is 35.4 Å². The minimum Gasteiger partial charge on any atom is -0.497 e. The fourth-order valence-electron chi connectivity index (χ4n) is 6.66. The zero-order valence-electron chi connectivity index (χ0n) is 34.6. The molecule has 0 radical (unpaired) electrons. The van der Waals surface area contributed by atoms with E-state index in [0.717, 1.165) is 38.4 Å². The number of hydrogen-bond donors (Lipinski definition) is 1. The number of hydrogen-bond acceptors (Lipinski definition) is 10. The van der Waals surface area contributed by atoms with Crippen molar-refractivity contribution in [1.29, 1.82) is 0 Å². The molecule has 0 unspecified atom stereocenters. The van der Waals surface area contributed by atoms with Gasteiger partial charge in [0.05, 0.1) is 59.6 Å². The molecule has 62 heavy (non-hydrogen) atoms. The van der Waals surface area contributed by atoms with Gasteiger partial charge in [0.15, 0.2) is 11.5 Å². The number of ether oxygens (including phenoxy) is 3.